The smallest absolute Gasteiger partial charge is 0.203 e. The Bertz CT molecular complexity index is 595. The SMILES string of the molecule is CC(C)(O)CC1=Cc2ccc(F)cc2S1(=O)=O. The monoisotopic (exact) mass is 256 g/mol. The van der Waals surface area contributed by atoms with Crippen molar-refractivity contribution in [2.24, 2.45) is 0 Å². The van der Waals surface area contributed by atoms with Crippen molar-refractivity contribution in [2.75, 3.05) is 0 Å². The van der Waals surface area contributed by atoms with Gasteiger partial charge in [-0.3, -0.25) is 0 Å². The van der Waals surface area contributed by atoms with Crippen LogP contribution in [-0.4, -0.2) is 19.1 Å². The van der Waals surface area contributed by atoms with Crippen molar-refractivity contribution in [1.29, 1.82) is 0 Å². The van der Waals surface area contributed by atoms with E-state index in [9.17, 15) is 17.9 Å². The normalized spacial score (nSPS) is 17.8. The highest BCUT2D eigenvalue weighted by Crippen LogP contribution is 2.36. The van der Waals surface area contributed by atoms with Gasteiger partial charge in [0.1, 0.15) is 5.82 Å². The zero-order valence-corrected chi connectivity index (χ0v) is 10.4. The van der Waals surface area contributed by atoms with Crippen LogP contribution in [0.2, 0.25) is 0 Å². The van der Waals surface area contributed by atoms with Gasteiger partial charge in [0.05, 0.1) is 15.4 Å². The summed E-state index contributed by atoms with van der Waals surface area (Å²) in [6.45, 7) is 3.07. The zero-order chi connectivity index (χ0) is 12.8. The first kappa shape index (κ1) is 12.3. The molecule has 0 aromatic heterocycles. The molecule has 1 aliphatic heterocycles. The van der Waals surface area contributed by atoms with Crippen LogP contribution in [0.15, 0.2) is 28.0 Å². The second kappa shape index (κ2) is 3.65. The third-order valence-electron chi connectivity index (χ3n) is 2.53. The topological polar surface area (TPSA) is 54.4 Å². The second-order valence-electron chi connectivity index (χ2n) is 4.79. The van der Waals surface area contributed by atoms with E-state index < -0.39 is 21.3 Å². The molecule has 1 aromatic rings. The summed E-state index contributed by atoms with van der Waals surface area (Å²) in [7, 11) is -3.64. The minimum absolute atomic E-state index is 0.0169. The first-order valence-corrected chi connectivity index (χ1v) is 6.66. The minimum Gasteiger partial charge on any atom is -0.390 e. The largest absolute Gasteiger partial charge is 0.390 e. The highest BCUT2D eigenvalue weighted by Gasteiger charge is 2.32. The van der Waals surface area contributed by atoms with E-state index in [1.807, 2.05) is 0 Å². The molecule has 2 rings (SSSR count). The van der Waals surface area contributed by atoms with E-state index in [4.69, 9.17) is 0 Å². The van der Waals surface area contributed by atoms with Crippen LogP contribution < -0.4 is 0 Å². The van der Waals surface area contributed by atoms with Gasteiger partial charge in [-0.2, -0.15) is 0 Å². The Hall–Kier alpha value is -1.20. The van der Waals surface area contributed by atoms with E-state index in [-0.39, 0.29) is 16.2 Å². The maximum absolute atomic E-state index is 13.0. The average molecular weight is 256 g/mol. The predicted octanol–water partition coefficient (Wildman–Crippen LogP) is 2.11. The Labute approximate surface area is 99.5 Å². The van der Waals surface area contributed by atoms with Crippen molar-refractivity contribution in [3.8, 4) is 0 Å². The van der Waals surface area contributed by atoms with Crippen molar-refractivity contribution in [1.82, 2.24) is 0 Å². The van der Waals surface area contributed by atoms with Crippen molar-refractivity contribution in [3.05, 3.63) is 34.5 Å². The van der Waals surface area contributed by atoms with E-state index in [0.29, 0.717) is 5.56 Å². The second-order valence-corrected chi connectivity index (χ2v) is 6.76. The van der Waals surface area contributed by atoms with Gasteiger partial charge in [-0.1, -0.05) is 6.07 Å². The van der Waals surface area contributed by atoms with Gasteiger partial charge in [0.2, 0.25) is 9.84 Å². The molecule has 1 aromatic carbocycles. The standard InChI is InChI=1S/C12H13FO3S/c1-12(2,14)7-10-5-8-3-4-9(13)6-11(8)17(10,15)16/h3-6,14H,7H2,1-2H3. The highest BCUT2D eigenvalue weighted by atomic mass is 32.2. The van der Waals surface area contributed by atoms with Crippen LogP contribution in [0.5, 0.6) is 0 Å². The van der Waals surface area contributed by atoms with Gasteiger partial charge in [-0.25, -0.2) is 12.8 Å². The first-order chi connectivity index (χ1) is 7.70. The van der Waals surface area contributed by atoms with Crippen LogP contribution in [0.4, 0.5) is 4.39 Å². The van der Waals surface area contributed by atoms with Crippen LogP contribution in [0.3, 0.4) is 0 Å². The van der Waals surface area contributed by atoms with Gasteiger partial charge in [0, 0.05) is 6.42 Å². The molecule has 5 heteroatoms. The first-order valence-electron chi connectivity index (χ1n) is 5.18. The molecule has 3 nitrogen and oxygen atoms in total. The number of benzene rings is 1. The number of aliphatic hydroxyl groups is 1. The Balaban J connectivity index is 2.50. The van der Waals surface area contributed by atoms with Crippen LogP contribution >= 0.6 is 0 Å². The maximum atomic E-state index is 13.0. The number of sulfone groups is 1. The summed E-state index contributed by atoms with van der Waals surface area (Å²) >= 11 is 0. The molecule has 0 bridgehead atoms. The quantitative estimate of drug-likeness (QED) is 0.881. The summed E-state index contributed by atoms with van der Waals surface area (Å²) in [5.74, 6) is -0.578. The molecule has 0 spiro atoms. The van der Waals surface area contributed by atoms with Crippen LogP contribution in [0, 0.1) is 5.82 Å². The third-order valence-corrected chi connectivity index (χ3v) is 4.42. The number of halogens is 1. The zero-order valence-electron chi connectivity index (χ0n) is 9.57. The molecular weight excluding hydrogens is 243 g/mol. The molecule has 0 atom stereocenters. The molecular formula is C12H13FO3S. The Morgan fingerprint density at radius 3 is 2.59 bits per heavy atom. The summed E-state index contributed by atoms with van der Waals surface area (Å²) in [6, 6.07) is 3.66. The minimum atomic E-state index is -3.64. The van der Waals surface area contributed by atoms with E-state index in [1.54, 1.807) is 0 Å². The Morgan fingerprint density at radius 2 is 2.00 bits per heavy atom. The molecule has 0 unspecified atom stereocenters. The molecule has 0 amide bonds. The number of hydrogen-bond acceptors (Lipinski definition) is 3. The molecule has 0 saturated carbocycles. The number of fused-ring (bicyclic) bond motifs is 1. The number of hydrogen-bond donors (Lipinski definition) is 1. The van der Waals surface area contributed by atoms with E-state index in [1.165, 1.54) is 32.1 Å². The third kappa shape index (κ3) is 2.25. The van der Waals surface area contributed by atoms with Crippen molar-refractivity contribution < 1.29 is 17.9 Å². The van der Waals surface area contributed by atoms with Crippen molar-refractivity contribution in [2.45, 2.75) is 30.8 Å². The molecule has 1 heterocycles. The van der Waals surface area contributed by atoms with Crippen molar-refractivity contribution >= 4 is 15.9 Å². The fourth-order valence-corrected chi connectivity index (χ4v) is 3.64. The summed E-state index contributed by atoms with van der Waals surface area (Å²) in [5, 5.41) is 9.66. The highest BCUT2D eigenvalue weighted by molar-refractivity contribution is 7.95. The van der Waals surface area contributed by atoms with Gasteiger partial charge < -0.3 is 5.11 Å². The van der Waals surface area contributed by atoms with E-state index in [0.717, 1.165) is 6.07 Å². The van der Waals surface area contributed by atoms with Crippen molar-refractivity contribution in [3.63, 3.8) is 0 Å². The molecule has 0 aliphatic carbocycles. The predicted molar refractivity (Wildman–Crippen MR) is 62.5 cm³/mol. The lowest BCUT2D eigenvalue weighted by Crippen LogP contribution is -2.21. The number of rotatable bonds is 2. The molecule has 0 fully saturated rings. The Morgan fingerprint density at radius 1 is 1.35 bits per heavy atom. The summed E-state index contributed by atoms with van der Waals surface area (Å²) in [5.41, 5.74) is -0.634. The fourth-order valence-electron chi connectivity index (χ4n) is 1.82. The van der Waals surface area contributed by atoms with Crippen LogP contribution in [0.1, 0.15) is 25.8 Å². The fraction of sp³-hybridized carbons (Fsp3) is 0.333. The van der Waals surface area contributed by atoms with Gasteiger partial charge in [-0.05, 0) is 37.6 Å². The lowest BCUT2D eigenvalue weighted by molar-refractivity contribution is 0.0829. The van der Waals surface area contributed by atoms with Gasteiger partial charge in [0.15, 0.2) is 0 Å². The van der Waals surface area contributed by atoms with E-state index >= 15 is 0 Å². The molecule has 92 valence electrons. The Kier molecular flexibility index (Phi) is 2.63. The van der Waals surface area contributed by atoms with Gasteiger partial charge >= 0.3 is 0 Å². The summed E-state index contributed by atoms with van der Waals surface area (Å²) in [4.78, 5) is 0.113. The van der Waals surface area contributed by atoms with Gasteiger partial charge in [-0.15, -0.1) is 0 Å². The summed E-state index contributed by atoms with van der Waals surface area (Å²) in [6.07, 6.45) is 1.51. The molecule has 1 N–H and O–H groups in total. The van der Waals surface area contributed by atoms with Crippen LogP contribution in [-0.2, 0) is 9.84 Å². The van der Waals surface area contributed by atoms with Crippen LogP contribution in [0.25, 0.3) is 6.08 Å². The lowest BCUT2D eigenvalue weighted by Gasteiger charge is -2.17. The molecule has 0 saturated heterocycles. The molecule has 17 heavy (non-hydrogen) atoms. The maximum Gasteiger partial charge on any atom is 0.203 e. The van der Waals surface area contributed by atoms with Gasteiger partial charge in [0.25, 0.3) is 0 Å². The average Bonchev–Trinajstić information content (AvgIpc) is 2.38. The molecule has 1 aliphatic rings. The lowest BCUT2D eigenvalue weighted by atomic mass is 10.0. The summed E-state index contributed by atoms with van der Waals surface area (Å²) < 4.78 is 37.2. The molecule has 0 radical (unpaired) electrons. The van der Waals surface area contributed by atoms with E-state index in [2.05, 4.69) is 0 Å².